The molecular weight excluding hydrogens is 450 g/mol. The van der Waals surface area contributed by atoms with Crippen LogP contribution in [0.15, 0.2) is 41.3 Å². The Labute approximate surface area is 192 Å². The number of carbonyl (C=O) groups excluding carboxylic acids is 2. The lowest BCUT2D eigenvalue weighted by molar-refractivity contribution is -0.144. The van der Waals surface area contributed by atoms with E-state index in [0.717, 1.165) is 30.2 Å². The van der Waals surface area contributed by atoms with E-state index in [9.17, 15) is 18.0 Å². The first-order valence-corrected chi connectivity index (χ1v) is 12.9. The Morgan fingerprint density at radius 3 is 2.59 bits per heavy atom. The average molecular weight is 476 g/mol. The molecule has 1 aliphatic carbocycles. The van der Waals surface area contributed by atoms with E-state index in [1.54, 1.807) is 37.3 Å². The molecule has 2 aliphatic heterocycles. The molecule has 9 heteroatoms. The fourth-order valence-electron chi connectivity index (χ4n) is 5.38. The molecule has 2 heterocycles. The summed E-state index contributed by atoms with van der Waals surface area (Å²) in [5, 5.41) is 2.16. The first kappa shape index (κ1) is 21.7. The van der Waals surface area contributed by atoms with E-state index < -0.39 is 22.1 Å². The molecule has 2 amide bonds. The van der Waals surface area contributed by atoms with E-state index in [2.05, 4.69) is 4.72 Å². The van der Waals surface area contributed by atoms with Crippen molar-refractivity contribution in [3.63, 3.8) is 0 Å². The third kappa shape index (κ3) is 3.78. The summed E-state index contributed by atoms with van der Waals surface area (Å²) >= 11 is 6.00. The lowest BCUT2D eigenvalue weighted by Gasteiger charge is -2.33. The quantitative estimate of drug-likeness (QED) is 0.720. The smallest absolute Gasteiger partial charge is 0.245 e. The number of likely N-dealkylation sites (tertiary alicyclic amines) is 2. The van der Waals surface area contributed by atoms with Crippen LogP contribution in [0.2, 0.25) is 5.02 Å². The maximum absolute atomic E-state index is 13.0. The third-order valence-corrected chi connectivity index (χ3v) is 8.84. The number of piperidine rings is 1. The van der Waals surface area contributed by atoms with Gasteiger partial charge in [0.15, 0.2) is 0 Å². The van der Waals surface area contributed by atoms with Crippen molar-refractivity contribution < 1.29 is 18.0 Å². The van der Waals surface area contributed by atoms with Crippen LogP contribution >= 0.6 is 11.6 Å². The molecule has 0 unspecified atom stereocenters. The number of hydrogen-bond donors (Lipinski definition) is 1. The summed E-state index contributed by atoms with van der Waals surface area (Å²) in [6.45, 7) is 2.88. The van der Waals surface area contributed by atoms with Crippen LogP contribution in [0.25, 0.3) is 10.8 Å². The summed E-state index contributed by atoms with van der Waals surface area (Å²) in [4.78, 5) is 29.5. The second kappa shape index (κ2) is 8.01. The molecule has 0 aromatic heterocycles. The molecular formula is C23H26ClN3O4S. The number of nitrogens with zero attached hydrogens (tertiary/aromatic N) is 2. The van der Waals surface area contributed by atoms with Crippen molar-refractivity contribution in [1.82, 2.24) is 14.5 Å². The van der Waals surface area contributed by atoms with Gasteiger partial charge in [0, 0.05) is 24.2 Å². The summed E-state index contributed by atoms with van der Waals surface area (Å²) < 4.78 is 28.5. The van der Waals surface area contributed by atoms with Crippen LogP contribution in [0.3, 0.4) is 0 Å². The predicted octanol–water partition coefficient (Wildman–Crippen LogP) is 2.77. The van der Waals surface area contributed by atoms with Crippen LogP contribution in [0.5, 0.6) is 0 Å². The number of nitrogens with one attached hydrogen (secondary N) is 1. The molecule has 2 aromatic carbocycles. The van der Waals surface area contributed by atoms with Crippen molar-refractivity contribution in [2.24, 2.45) is 5.92 Å². The van der Waals surface area contributed by atoms with Gasteiger partial charge in [0.05, 0.1) is 4.90 Å². The van der Waals surface area contributed by atoms with E-state index in [1.807, 2.05) is 4.90 Å². The molecule has 32 heavy (non-hydrogen) atoms. The molecule has 1 N–H and O–H groups in total. The average Bonchev–Trinajstić information content (AvgIpc) is 3.49. The minimum atomic E-state index is -3.90. The Kier molecular flexibility index (Phi) is 5.42. The minimum absolute atomic E-state index is 0.0257. The third-order valence-electron chi connectivity index (χ3n) is 7.14. The van der Waals surface area contributed by atoms with Gasteiger partial charge in [-0.2, -0.15) is 4.72 Å². The molecule has 2 saturated heterocycles. The number of halogens is 1. The van der Waals surface area contributed by atoms with E-state index in [1.165, 1.54) is 17.4 Å². The number of carbonyl (C=O) groups is 2. The number of sulfonamides is 1. The van der Waals surface area contributed by atoms with Crippen molar-refractivity contribution in [2.45, 2.75) is 55.6 Å². The Hall–Kier alpha value is -2.16. The molecule has 1 saturated carbocycles. The Morgan fingerprint density at radius 2 is 1.88 bits per heavy atom. The van der Waals surface area contributed by atoms with Gasteiger partial charge in [-0.05, 0) is 73.6 Å². The highest BCUT2D eigenvalue weighted by Crippen LogP contribution is 2.38. The highest BCUT2D eigenvalue weighted by atomic mass is 35.5. The largest absolute Gasteiger partial charge is 0.338 e. The van der Waals surface area contributed by atoms with Crippen LogP contribution in [0.4, 0.5) is 0 Å². The summed E-state index contributed by atoms with van der Waals surface area (Å²) in [6, 6.07) is 8.85. The molecule has 3 fully saturated rings. The number of rotatable bonds is 5. The molecule has 0 spiro atoms. The van der Waals surface area contributed by atoms with Gasteiger partial charge in [-0.15, -0.1) is 0 Å². The summed E-state index contributed by atoms with van der Waals surface area (Å²) in [5.74, 6) is 0.219. The van der Waals surface area contributed by atoms with Gasteiger partial charge in [-0.3, -0.25) is 9.59 Å². The number of amides is 2. The molecule has 5 rings (SSSR count). The van der Waals surface area contributed by atoms with Gasteiger partial charge in [0.1, 0.15) is 12.1 Å². The Balaban J connectivity index is 1.28. The van der Waals surface area contributed by atoms with Gasteiger partial charge in [-0.1, -0.05) is 23.7 Å². The van der Waals surface area contributed by atoms with E-state index >= 15 is 0 Å². The van der Waals surface area contributed by atoms with Crippen LogP contribution < -0.4 is 4.72 Å². The van der Waals surface area contributed by atoms with Crippen LogP contribution in [-0.2, 0) is 19.6 Å². The molecule has 2 bridgehead atoms. The number of benzene rings is 2. The normalized spacial score (nSPS) is 26.3. The zero-order valence-corrected chi connectivity index (χ0v) is 19.4. The fourth-order valence-corrected chi connectivity index (χ4v) is 6.82. The molecule has 4 atom stereocenters. The first-order valence-electron chi connectivity index (χ1n) is 11.1. The highest BCUT2D eigenvalue weighted by Gasteiger charge is 2.45. The topological polar surface area (TPSA) is 86.8 Å². The Morgan fingerprint density at radius 1 is 1.12 bits per heavy atom. The minimum Gasteiger partial charge on any atom is -0.338 e. The lowest BCUT2D eigenvalue weighted by atomic mass is 10.1. The first-order chi connectivity index (χ1) is 15.2. The molecule has 2 aromatic rings. The van der Waals surface area contributed by atoms with E-state index in [0.29, 0.717) is 29.9 Å². The fraction of sp³-hybridized carbons (Fsp3) is 0.478. The van der Waals surface area contributed by atoms with Crippen LogP contribution in [0.1, 0.15) is 32.6 Å². The lowest BCUT2D eigenvalue weighted by Crippen LogP contribution is -2.51. The van der Waals surface area contributed by atoms with Crippen molar-refractivity contribution >= 4 is 44.2 Å². The van der Waals surface area contributed by atoms with Crippen molar-refractivity contribution in [2.75, 3.05) is 13.1 Å². The maximum atomic E-state index is 13.0. The number of hydrogen-bond acceptors (Lipinski definition) is 4. The molecule has 7 nitrogen and oxygen atoms in total. The molecule has 0 radical (unpaired) electrons. The molecule has 170 valence electrons. The Bertz CT molecular complexity index is 1200. The van der Waals surface area contributed by atoms with Crippen LogP contribution in [-0.4, -0.2) is 61.2 Å². The zero-order valence-electron chi connectivity index (χ0n) is 17.8. The molecule has 3 aliphatic rings. The van der Waals surface area contributed by atoms with Gasteiger partial charge in [0.2, 0.25) is 21.8 Å². The maximum Gasteiger partial charge on any atom is 0.245 e. The zero-order chi connectivity index (χ0) is 22.6. The highest BCUT2D eigenvalue weighted by molar-refractivity contribution is 7.89. The second-order valence-electron chi connectivity index (χ2n) is 9.15. The summed E-state index contributed by atoms with van der Waals surface area (Å²) in [7, 11) is -3.90. The summed E-state index contributed by atoms with van der Waals surface area (Å²) in [6.07, 6.45) is 3.62. The van der Waals surface area contributed by atoms with Gasteiger partial charge in [-0.25, -0.2) is 8.42 Å². The van der Waals surface area contributed by atoms with Gasteiger partial charge >= 0.3 is 0 Å². The van der Waals surface area contributed by atoms with E-state index in [4.69, 9.17) is 11.6 Å². The monoisotopic (exact) mass is 475 g/mol. The standard InChI is InChI=1S/C23H26ClN3O4S/c1-14(22(28)27-13-15-2-6-19(27)10-15)26-9-8-21(23(26)29)25-32(30,31)20-7-4-16-11-18(24)5-3-17(16)12-20/h3-5,7,11-12,14-15,19,21,25H,2,6,8-10,13H2,1H3/t14-,15-,19+,21-/m0/s1. The van der Waals surface area contributed by atoms with E-state index in [-0.39, 0.29) is 16.7 Å². The van der Waals surface area contributed by atoms with Gasteiger partial charge in [0.25, 0.3) is 0 Å². The van der Waals surface area contributed by atoms with Crippen molar-refractivity contribution in [1.29, 1.82) is 0 Å². The predicted molar refractivity (Wildman–Crippen MR) is 122 cm³/mol. The van der Waals surface area contributed by atoms with Crippen LogP contribution in [0, 0.1) is 5.92 Å². The second-order valence-corrected chi connectivity index (χ2v) is 11.3. The SMILES string of the molecule is C[C@@H](C(=O)N1C[C@H]2CC[C@@H]1C2)N1CC[C@H](NS(=O)(=O)c2ccc3cc(Cl)ccc3c2)C1=O. The van der Waals surface area contributed by atoms with Crippen molar-refractivity contribution in [3.8, 4) is 0 Å². The number of fused-ring (bicyclic) bond motifs is 3. The van der Waals surface area contributed by atoms with Crippen molar-refractivity contribution in [3.05, 3.63) is 41.4 Å². The van der Waals surface area contributed by atoms with Gasteiger partial charge < -0.3 is 9.80 Å². The summed E-state index contributed by atoms with van der Waals surface area (Å²) in [5.41, 5.74) is 0.